The van der Waals surface area contributed by atoms with Gasteiger partial charge in [-0.1, -0.05) is 37.3 Å². The van der Waals surface area contributed by atoms with Gasteiger partial charge >= 0.3 is 0 Å². The molecule has 1 heterocycles. The summed E-state index contributed by atoms with van der Waals surface area (Å²) in [5.74, 6) is 0.222. The van der Waals surface area contributed by atoms with Crippen LogP contribution >= 0.6 is 0 Å². The minimum absolute atomic E-state index is 0.168. The predicted molar refractivity (Wildman–Crippen MR) is 104 cm³/mol. The maximum absolute atomic E-state index is 12.6. The zero-order valence-corrected chi connectivity index (χ0v) is 15.2. The van der Waals surface area contributed by atoms with E-state index in [-0.39, 0.29) is 11.3 Å². The van der Waals surface area contributed by atoms with E-state index in [4.69, 9.17) is 4.74 Å². The molecule has 138 valence electrons. The van der Waals surface area contributed by atoms with Gasteiger partial charge in [-0.15, -0.1) is 0 Å². The number of rotatable bonds is 6. The fraction of sp³-hybridized carbons (Fsp3) is 0.200. The van der Waals surface area contributed by atoms with Crippen molar-refractivity contribution in [2.45, 2.75) is 19.9 Å². The lowest BCUT2D eigenvalue weighted by atomic mass is 10.1. The molecular formula is C20H20N4O3. The number of ether oxygens (including phenoxy) is 1. The van der Waals surface area contributed by atoms with Crippen LogP contribution in [0.2, 0.25) is 0 Å². The summed E-state index contributed by atoms with van der Waals surface area (Å²) in [6.45, 7) is 2.39. The number of benzene rings is 2. The van der Waals surface area contributed by atoms with Gasteiger partial charge in [0.1, 0.15) is 5.75 Å². The van der Waals surface area contributed by atoms with Gasteiger partial charge in [0, 0.05) is 11.9 Å². The summed E-state index contributed by atoms with van der Waals surface area (Å²) in [5, 5.41) is 9.20. The van der Waals surface area contributed by atoms with E-state index >= 15 is 0 Å². The molecule has 1 amide bonds. The van der Waals surface area contributed by atoms with Crippen LogP contribution in [0.5, 0.6) is 5.75 Å². The third-order valence-corrected chi connectivity index (χ3v) is 3.99. The lowest BCUT2D eigenvalue weighted by molar-refractivity contribution is 0.0949. The maximum Gasteiger partial charge on any atom is 0.292 e. The monoisotopic (exact) mass is 364 g/mol. The normalized spacial score (nSPS) is 11.0. The standard InChI is InChI=1S/C20H20N4O3/c1-3-11-24-20(26)17-10-5-4-9-16(17)18(23-24)19(25)22-21-13-14-7-6-8-15(12-14)27-2/h4-10,12-13H,3,11H2,1-2H3,(H,22,25)/b21-13-. The molecule has 7 nitrogen and oxygen atoms in total. The number of aromatic nitrogens is 2. The molecule has 3 rings (SSSR count). The van der Waals surface area contributed by atoms with Crippen LogP contribution in [-0.4, -0.2) is 29.0 Å². The number of carbonyl (C=O) groups is 1. The Labute approximate surface area is 156 Å². The highest BCUT2D eigenvalue weighted by Crippen LogP contribution is 2.14. The number of nitrogens with zero attached hydrogens (tertiary/aromatic N) is 3. The number of fused-ring (bicyclic) bond motifs is 1. The Morgan fingerprint density at radius 3 is 2.74 bits per heavy atom. The van der Waals surface area contributed by atoms with Gasteiger partial charge < -0.3 is 4.74 Å². The summed E-state index contributed by atoms with van der Waals surface area (Å²) in [6.07, 6.45) is 2.25. The van der Waals surface area contributed by atoms with E-state index < -0.39 is 5.91 Å². The molecular weight excluding hydrogens is 344 g/mol. The molecule has 0 saturated carbocycles. The van der Waals surface area contributed by atoms with Crippen molar-refractivity contribution in [1.82, 2.24) is 15.2 Å². The number of aryl methyl sites for hydroxylation is 1. The molecule has 0 aliphatic carbocycles. The first kappa shape index (κ1) is 18.3. The lowest BCUT2D eigenvalue weighted by Gasteiger charge is -2.09. The second kappa shape index (κ2) is 8.27. The molecule has 0 fully saturated rings. The topological polar surface area (TPSA) is 85.6 Å². The zero-order chi connectivity index (χ0) is 19.2. The Morgan fingerprint density at radius 2 is 2.00 bits per heavy atom. The van der Waals surface area contributed by atoms with E-state index in [2.05, 4.69) is 15.6 Å². The molecule has 0 unspecified atom stereocenters. The van der Waals surface area contributed by atoms with Crippen LogP contribution in [0.25, 0.3) is 10.8 Å². The van der Waals surface area contributed by atoms with Crippen molar-refractivity contribution in [3.63, 3.8) is 0 Å². The quantitative estimate of drug-likeness (QED) is 0.538. The van der Waals surface area contributed by atoms with Gasteiger partial charge in [-0.25, -0.2) is 10.1 Å². The summed E-state index contributed by atoms with van der Waals surface area (Å²) in [5.41, 5.74) is 3.22. The second-order valence-electron chi connectivity index (χ2n) is 5.90. The minimum Gasteiger partial charge on any atom is -0.497 e. The van der Waals surface area contributed by atoms with Crippen LogP contribution in [0.4, 0.5) is 0 Å². The number of hydrazone groups is 1. The first-order valence-corrected chi connectivity index (χ1v) is 8.61. The van der Waals surface area contributed by atoms with Crippen molar-refractivity contribution in [3.8, 4) is 5.75 Å². The number of methoxy groups -OCH3 is 1. The van der Waals surface area contributed by atoms with Crippen LogP contribution in [0.15, 0.2) is 58.4 Å². The van der Waals surface area contributed by atoms with Crippen LogP contribution in [0.3, 0.4) is 0 Å². The third kappa shape index (κ3) is 4.03. The van der Waals surface area contributed by atoms with E-state index in [1.54, 1.807) is 37.4 Å². The maximum atomic E-state index is 12.6. The van der Waals surface area contributed by atoms with Crippen molar-refractivity contribution in [2.75, 3.05) is 7.11 Å². The van der Waals surface area contributed by atoms with Crippen molar-refractivity contribution < 1.29 is 9.53 Å². The van der Waals surface area contributed by atoms with E-state index in [0.29, 0.717) is 23.1 Å². The van der Waals surface area contributed by atoms with Gasteiger partial charge in [0.25, 0.3) is 11.5 Å². The van der Waals surface area contributed by atoms with E-state index in [9.17, 15) is 9.59 Å². The van der Waals surface area contributed by atoms with Gasteiger partial charge in [0.15, 0.2) is 5.69 Å². The molecule has 27 heavy (non-hydrogen) atoms. The van der Waals surface area contributed by atoms with Gasteiger partial charge in [0.05, 0.1) is 18.7 Å². The van der Waals surface area contributed by atoms with Gasteiger partial charge in [-0.3, -0.25) is 9.59 Å². The smallest absolute Gasteiger partial charge is 0.292 e. The summed E-state index contributed by atoms with van der Waals surface area (Å²) < 4.78 is 6.48. The SMILES string of the molecule is CCCn1nc(C(=O)N/N=C\c2cccc(OC)c2)c2ccccc2c1=O. The van der Waals surface area contributed by atoms with E-state index in [0.717, 1.165) is 12.0 Å². The molecule has 1 N–H and O–H groups in total. The average molecular weight is 364 g/mol. The number of carbonyl (C=O) groups excluding carboxylic acids is 1. The zero-order valence-electron chi connectivity index (χ0n) is 15.2. The molecule has 0 atom stereocenters. The Balaban J connectivity index is 1.90. The van der Waals surface area contributed by atoms with Crippen molar-refractivity contribution >= 4 is 22.9 Å². The first-order valence-electron chi connectivity index (χ1n) is 8.61. The molecule has 1 aromatic heterocycles. The molecule has 0 radical (unpaired) electrons. The summed E-state index contributed by atoms with van der Waals surface area (Å²) in [7, 11) is 1.58. The number of hydrogen-bond donors (Lipinski definition) is 1. The van der Waals surface area contributed by atoms with Gasteiger partial charge in [-0.05, 0) is 30.2 Å². The van der Waals surface area contributed by atoms with Crippen molar-refractivity contribution in [1.29, 1.82) is 0 Å². The van der Waals surface area contributed by atoms with E-state index in [1.807, 2.05) is 25.1 Å². The summed E-state index contributed by atoms with van der Waals surface area (Å²) in [6, 6.07) is 14.2. The second-order valence-corrected chi connectivity index (χ2v) is 5.90. The Bertz CT molecular complexity index is 1060. The van der Waals surface area contributed by atoms with Crippen LogP contribution in [0, 0.1) is 0 Å². The Kier molecular flexibility index (Phi) is 5.61. The molecule has 3 aromatic rings. The van der Waals surface area contributed by atoms with Crippen molar-refractivity contribution in [3.05, 3.63) is 70.1 Å². The fourth-order valence-corrected chi connectivity index (χ4v) is 2.71. The molecule has 0 saturated heterocycles. The van der Waals surface area contributed by atoms with Crippen LogP contribution < -0.4 is 15.7 Å². The highest BCUT2D eigenvalue weighted by Gasteiger charge is 2.15. The molecule has 0 aliphatic rings. The largest absolute Gasteiger partial charge is 0.497 e. The fourth-order valence-electron chi connectivity index (χ4n) is 2.71. The number of hydrogen-bond acceptors (Lipinski definition) is 5. The third-order valence-electron chi connectivity index (χ3n) is 3.99. The molecule has 0 aliphatic heterocycles. The minimum atomic E-state index is -0.477. The summed E-state index contributed by atoms with van der Waals surface area (Å²) >= 11 is 0. The Morgan fingerprint density at radius 1 is 1.22 bits per heavy atom. The highest BCUT2D eigenvalue weighted by molar-refractivity contribution is 6.04. The number of nitrogens with one attached hydrogen (secondary N) is 1. The number of amides is 1. The van der Waals surface area contributed by atoms with Crippen LogP contribution in [-0.2, 0) is 6.54 Å². The Hall–Kier alpha value is -3.48. The predicted octanol–water partition coefficient (Wildman–Crippen LogP) is 2.58. The van der Waals surface area contributed by atoms with Crippen molar-refractivity contribution in [2.24, 2.45) is 5.10 Å². The van der Waals surface area contributed by atoms with Gasteiger partial charge in [-0.2, -0.15) is 10.2 Å². The molecule has 0 spiro atoms. The van der Waals surface area contributed by atoms with Gasteiger partial charge in [0.2, 0.25) is 0 Å². The molecule has 7 heteroatoms. The highest BCUT2D eigenvalue weighted by atomic mass is 16.5. The first-order chi connectivity index (χ1) is 13.1. The molecule has 2 aromatic carbocycles. The van der Waals surface area contributed by atoms with E-state index in [1.165, 1.54) is 10.9 Å². The lowest BCUT2D eigenvalue weighted by Crippen LogP contribution is -2.29. The van der Waals surface area contributed by atoms with Crippen LogP contribution in [0.1, 0.15) is 29.4 Å². The average Bonchev–Trinajstić information content (AvgIpc) is 2.70. The summed E-state index contributed by atoms with van der Waals surface area (Å²) in [4.78, 5) is 25.1. The molecule has 0 bridgehead atoms.